The standard InChI is InChI=1S/C12H15ClN4/c1-9-5-11-14-8-15-17(11)12(6-9)16-4-2-3-10(16)7-13/h5-6,8,10H,2-4,7H2,1H3. The van der Waals surface area contributed by atoms with Crippen molar-refractivity contribution >= 4 is 23.1 Å². The molecule has 3 rings (SSSR count). The average Bonchev–Trinajstić information content (AvgIpc) is 2.95. The van der Waals surface area contributed by atoms with Gasteiger partial charge in [-0.05, 0) is 37.5 Å². The van der Waals surface area contributed by atoms with Crippen LogP contribution in [0.1, 0.15) is 18.4 Å². The number of anilines is 1. The summed E-state index contributed by atoms with van der Waals surface area (Å²) >= 11 is 6.03. The van der Waals surface area contributed by atoms with E-state index in [4.69, 9.17) is 11.6 Å². The van der Waals surface area contributed by atoms with Crippen molar-refractivity contribution in [2.75, 3.05) is 17.3 Å². The van der Waals surface area contributed by atoms with Crippen LogP contribution < -0.4 is 4.90 Å². The zero-order valence-electron chi connectivity index (χ0n) is 9.80. The molecule has 0 spiro atoms. The minimum Gasteiger partial charge on any atom is -0.352 e. The van der Waals surface area contributed by atoms with Crippen molar-refractivity contribution in [3.8, 4) is 0 Å². The van der Waals surface area contributed by atoms with E-state index in [-0.39, 0.29) is 0 Å². The fourth-order valence-corrected chi connectivity index (χ4v) is 2.86. The molecule has 0 bridgehead atoms. The van der Waals surface area contributed by atoms with Gasteiger partial charge in [-0.3, -0.25) is 0 Å². The van der Waals surface area contributed by atoms with Crippen LogP contribution in [0.4, 0.5) is 5.82 Å². The Morgan fingerprint density at radius 1 is 1.47 bits per heavy atom. The molecule has 0 aliphatic carbocycles. The summed E-state index contributed by atoms with van der Waals surface area (Å²) in [5.41, 5.74) is 2.11. The van der Waals surface area contributed by atoms with E-state index in [0.717, 1.165) is 24.4 Å². The summed E-state index contributed by atoms with van der Waals surface area (Å²) in [5, 5.41) is 4.29. The minimum absolute atomic E-state index is 0.422. The molecule has 0 radical (unpaired) electrons. The Morgan fingerprint density at radius 3 is 3.18 bits per heavy atom. The summed E-state index contributed by atoms with van der Waals surface area (Å²) in [5.74, 6) is 1.78. The molecule has 3 heterocycles. The van der Waals surface area contributed by atoms with E-state index in [2.05, 4.69) is 28.0 Å². The molecular weight excluding hydrogens is 236 g/mol. The van der Waals surface area contributed by atoms with Crippen LogP contribution in [0.2, 0.25) is 0 Å². The van der Waals surface area contributed by atoms with E-state index in [1.54, 1.807) is 6.33 Å². The van der Waals surface area contributed by atoms with Crippen molar-refractivity contribution in [2.24, 2.45) is 0 Å². The first-order chi connectivity index (χ1) is 8.29. The monoisotopic (exact) mass is 250 g/mol. The molecule has 1 atom stereocenters. The van der Waals surface area contributed by atoms with Gasteiger partial charge in [-0.15, -0.1) is 11.6 Å². The van der Waals surface area contributed by atoms with E-state index in [1.807, 2.05) is 10.6 Å². The second-order valence-corrected chi connectivity index (χ2v) is 4.87. The van der Waals surface area contributed by atoms with Gasteiger partial charge < -0.3 is 4.90 Å². The summed E-state index contributed by atoms with van der Waals surface area (Å²) in [7, 11) is 0. The Bertz CT molecular complexity index is 536. The molecule has 0 amide bonds. The molecule has 2 aromatic rings. The Balaban J connectivity index is 2.12. The first-order valence-electron chi connectivity index (χ1n) is 5.92. The van der Waals surface area contributed by atoms with Crippen molar-refractivity contribution in [3.63, 3.8) is 0 Å². The molecule has 0 aromatic carbocycles. The predicted octanol–water partition coefficient (Wildman–Crippen LogP) is 2.25. The molecule has 5 heteroatoms. The van der Waals surface area contributed by atoms with Crippen molar-refractivity contribution in [1.82, 2.24) is 14.6 Å². The third-order valence-electron chi connectivity index (χ3n) is 3.35. The highest BCUT2D eigenvalue weighted by atomic mass is 35.5. The molecule has 0 saturated carbocycles. The number of aryl methyl sites for hydroxylation is 1. The van der Waals surface area contributed by atoms with Crippen LogP contribution in [-0.4, -0.2) is 33.1 Å². The van der Waals surface area contributed by atoms with E-state index in [0.29, 0.717) is 11.9 Å². The zero-order valence-corrected chi connectivity index (χ0v) is 10.6. The van der Waals surface area contributed by atoms with Gasteiger partial charge in [-0.2, -0.15) is 9.61 Å². The van der Waals surface area contributed by atoms with Crippen LogP contribution in [0.25, 0.3) is 5.65 Å². The van der Waals surface area contributed by atoms with Gasteiger partial charge in [-0.25, -0.2) is 4.98 Å². The highest BCUT2D eigenvalue weighted by molar-refractivity contribution is 6.18. The maximum Gasteiger partial charge on any atom is 0.157 e. The summed E-state index contributed by atoms with van der Waals surface area (Å²) in [6.45, 7) is 3.14. The third kappa shape index (κ3) is 1.76. The van der Waals surface area contributed by atoms with E-state index >= 15 is 0 Å². The first kappa shape index (κ1) is 10.8. The molecule has 1 saturated heterocycles. The smallest absolute Gasteiger partial charge is 0.157 e. The molecule has 2 aromatic heterocycles. The summed E-state index contributed by atoms with van der Waals surface area (Å²) in [6, 6.07) is 4.63. The Kier molecular flexibility index (Phi) is 2.67. The van der Waals surface area contributed by atoms with Crippen molar-refractivity contribution in [3.05, 3.63) is 24.0 Å². The summed E-state index contributed by atoms with van der Waals surface area (Å²) in [6.07, 6.45) is 3.96. The van der Waals surface area contributed by atoms with Gasteiger partial charge in [-0.1, -0.05) is 0 Å². The van der Waals surface area contributed by atoms with E-state index in [9.17, 15) is 0 Å². The largest absolute Gasteiger partial charge is 0.352 e. The average molecular weight is 251 g/mol. The van der Waals surface area contributed by atoms with Gasteiger partial charge in [0.05, 0.1) is 0 Å². The second-order valence-electron chi connectivity index (χ2n) is 4.56. The number of hydrogen-bond donors (Lipinski definition) is 0. The highest BCUT2D eigenvalue weighted by Gasteiger charge is 2.26. The molecule has 1 aliphatic rings. The zero-order chi connectivity index (χ0) is 11.8. The molecule has 17 heavy (non-hydrogen) atoms. The number of halogens is 1. The van der Waals surface area contributed by atoms with Gasteiger partial charge in [0, 0.05) is 18.5 Å². The molecule has 0 N–H and O–H groups in total. The molecular formula is C12H15ClN4. The minimum atomic E-state index is 0.422. The number of nitrogens with zero attached hydrogens (tertiary/aromatic N) is 4. The van der Waals surface area contributed by atoms with Gasteiger partial charge >= 0.3 is 0 Å². The van der Waals surface area contributed by atoms with Crippen LogP contribution in [0.3, 0.4) is 0 Å². The third-order valence-corrected chi connectivity index (χ3v) is 3.71. The summed E-state index contributed by atoms with van der Waals surface area (Å²) < 4.78 is 1.90. The fourth-order valence-electron chi connectivity index (χ4n) is 2.54. The Labute approximate surface area is 105 Å². The highest BCUT2D eigenvalue weighted by Crippen LogP contribution is 2.27. The maximum absolute atomic E-state index is 6.03. The Morgan fingerprint density at radius 2 is 2.35 bits per heavy atom. The fraction of sp³-hybridized carbons (Fsp3) is 0.500. The van der Waals surface area contributed by atoms with Crippen molar-refractivity contribution < 1.29 is 0 Å². The topological polar surface area (TPSA) is 33.4 Å². The van der Waals surface area contributed by atoms with Crippen molar-refractivity contribution in [1.29, 1.82) is 0 Å². The van der Waals surface area contributed by atoms with Crippen molar-refractivity contribution in [2.45, 2.75) is 25.8 Å². The molecule has 1 aliphatic heterocycles. The number of fused-ring (bicyclic) bond motifs is 1. The number of rotatable bonds is 2. The van der Waals surface area contributed by atoms with Crippen LogP contribution in [-0.2, 0) is 0 Å². The van der Waals surface area contributed by atoms with E-state index < -0.39 is 0 Å². The molecule has 90 valence electrons. The van der Waals surface area contributed by atoms with Crippen LogP contribution in [0.15, 0.2) is 18.5 Å². The van der Waals surface area contributed by atoms with Crippen LogP contribution in [0, 0.1) is 6.92 Å². The normalized spacial score (nSPS) is 20.4. The predicted molar refractivity (Wildman–Crippen MR) is 68.8 cm³/mol. The second kappa shape index (κ2) is 4.18. The SMILES string of the molecule is Cc1cc(N2CCCC2CCl)n2ncnc2c1. The summed E-state index contributed by atoms with van der Waals surface area (Å²) in [4.78, 5) is 6.60. The van der Waals surface area contributed by atoms with Crippen LogP contribution in [0.5, 0.6) is 0 Å². The van der Waals surface area contributed by atoms with Crippen LogP contribution >= 0.6 is 11.6 Å². The Hall–Kier alpha value is -1.29. The number of pyridine rings is 1. The number of alkyl halides is 1. The molecule has 1 fully saturated rings. The number of hydrogen-bond acceptors (Lipinski definition) is 3. The lowest BCUT2D eigenvalue weighted by Gasteiger charge is -2.25. The van der Waals surface area contributed by atoms with Gasteiger partial charge in [0.25, 0.3) is 0 Å². The molecule has 4 nitrogen and oxygen atoms in total. The number of aromatic nitrogens is 3. The first-order valence-corrected chi connectivity index (χ1v) is 6.46. The maximum atomic E-state index is 6.03. The van der Waals surface area contributed by atoms with Gasteiger partial charge in [0.15, 0.2) is 5.65 Å². The lowest BCUT2D eigenvalue weighted by molar-refractivity contribution is 0.720. The van der Waals surface area contributed by atoms with Gasteiger partial charge in [0.2, 0.25) is 0 Å². The molecule has 1 unspecified atom stereocenters. The van der Waals surface area contributed by atoms with E-state index in [1.165, 1.54) is 12.0 Å². The van der Waals surface area contributed by atoms with Gasteiger partial charge in [0.1, 0.15) is 12.1 Å². The quantitative estimate of drug-likeness (QED) is 0.767. The lowest BCUT2D eigenvalue weighted by atomic mass is 10.2. The lowest BCUT2D eigenvalue weighted by Crippen LogP contribution is -2.32.